The number of aliphatic hydroxyl groups excluding tert-OH is 3. The molecule has 0 saturated heterocycles. The van der Waals surface area contributed by atoms with Crippen LogP contribution in [0.4, 0.5) is 0 Å². The first-order valence-electron chi connectivity index (χ1n) is 14.5. The number of ether oxygens (including phenoxy) is 1. The Hall–Kier alpha value is -2.94. The lowest BCUT2D eigenvalue weighted by Gasteiger charge is -2.17. The van der Waals surface area contributed by atoms with Gasteiger partial charge in [-0.25, -0.2) is 4.79 Å². The van der Waals surface area contributed by atoms with Gasteiger partial charge in [-0.1, -0.05) is 88.1 Å². The molecule has 0 spiro atoms. The first-order chi connectivity index (χ1) is 19.3. The van der Waals surface area contributed by atoms with E-state index < -0.39 is 24.1 Å². The molecule has 0 bridgehead atoms. The minimum Gasteiger partial charge on any atom is -0.489 e. The van der Waals surface area contributed by atoms with Crippen molar-refractivity contribution < 1.29 is 39.9 Å². The number of rotatable bonds is 21. The number of aliphatic hydroxyl groups is 3. The summed E-state index contributed by atoms with van der Waals surface area (Å²) in [6.07, 6.45) is 10.9. The molecular formula is C32H48O8. The van der Waals surface area contributed by atoms with Gasteiger partial charge in [0.2, 0.25) is 0 Å². The number of hydrogen-bond acceptors (Lipinski definition) is 6. The number of carboxylic acids is 2. The molecule has 2 aromatic rings. The molecule has 5 N–H and O–H groups in total. The van der Waals surface area contributed by atoms with Crippen molar-refractivity contribution >= 4 is 11.9 Å². The van der Waals surface area contributed by atoms with Crippen molar-refractivity contribution in [3.63, 3.8) is 0 Å². The van der Waals surface area contributed by atoms with Crippen LogP contribution in [0.3, 0.4) is 0 Å². The van der Waals surface area contributed by atoms with Gasteiger partial charge >= 0.3 is 11.9 Å². The molecule has 2 unspecified atom stereocenters. The summed E-state index contributed by atoms with van der Waals surface area (Å²) in [5.74, 6) is -1.00. The fourth-order valence-electron chi connectivity index (χ4n) is 4.15. The predicted octanol–water partition coefficient (Wildman–Crippen LogP) is 6.21. The summed E-state index contributed by atoms with van der Waals surface area (Å²) in [7, 11) is 0. The third kappa shape index (κ3) is 18.4. The number of aliphatic carboxylic acids is 1. The van der Waals surface area contributed by atoms with E-state index in [2.05, 4.69) is 0 Å². The first-order valence-corrected chi connectivity index (χ1v) is 14.5. The highest BCUT2D eigenvalue weighted by Crippen LogP contribution is 2.16. The summed E-state index contributed by atoms with van der Waals surface area (Å²) in [6.45, 7) is 0.748. The van der Waals surface area contributed by atoms with Crippen LogP contribution in [0.1, 0.15) is 106 Å². The number of carboxylic acid groups (broad SMARTS) is 2. The van der Waals surface area contributed by atoms with E-state index in [0.717, 1.165) is 76.2 Å². The molecule has 0 aliphatic rings. The zero-order valence-electron chi connectivity index (χ0n) is 23.6. The summed E-state index contributed by atoms with van der Waals surface area (Å²) < 4.78 is 5.53. The van der Waals surface area contributed by atoms with E-state index in [1.807, 2.05) is 30.3 Å². The van der Waals surface area contributed by atoms with Gasteiger partial charge in [0.05, 0.1) is 17.8 Å². The van der Waals surface area contributed by atoms with Gasteiger partial charge in [-0.15, -0.1) is 0 Å². The molecule has 2 aromatic carbocycles. The molecular weight excluding hydrogens is 512 g/mol. The van der Waals surface area contributed by atoms with Crippen LogP contribution in [0.15, 0.2) is 54.6 Å². The Balaban J connectivity index is 0.000000415. The van der Waals surface area contributed by atoms with E-state index in [-0.39, 0.29) is 18.6 Å². The average molecular weight is 561 g/mol. The number of carbonyl (C=O) groups is 2. The van der Waals surface area contributed by atoms with Crippen LogP contribution >= 0.6 is 0 Å². The van der Waals surface area contributed by atoms with Gasteiger partial charge in [0.15, 0.2) is 0 Å². The number of benzene rings is 2. The molecule has 0 radical (unpaired) electrons. The van der Waals surface area contributed by atoms with Crippen molar-refractivity contribution in [3.05, 3.63) is 65.7 Å². The molecule has 0 amide bonds. The molecule has 8 nitrogen and oxygen atoms in total. The first kappa shape index (κ1) is 35.1. The normalized spacial score (nSPS) is 12.2. The average Bonchev–Trinajstić information content (AvgIpc) is 2.95. The van der Waals surface area contributed by atoms with Crippen LogP contribution in [-0.4, -0.2) is 56.3 Å². The molecule has 0 aromatic heterocycles. The molecule has 8 heteroatoms. The minimum atomic E-state index is -0.931. The van der Waals surface area contributed by atoms with Crippen LogP contribution in [0.5, 0.6) is 5.75 Å². The fourth-order valence-corrected chi connectivity index (χ4v) is 4.15. The van der Waals surface area contributed by atoms with E-state index in [1.165, 1.54) is 12.1 Å². The summed E-state index contributed by atoms with van der Waals surface area (Å²) in [5, 5.41) is 45.8. The molecule has 2 rings (SSSR count). The molecule has 0 saturated carbocycles. The molecule has 2 atom stereocenters. The number of aromatic carboxylic acids is 1. The highest BCUT2D eigenvalue weighted by molar-refractivity contribution is 5.87. The smallest absolute Gasteiger partial charge is 0.335 e. The zero-order chi connectivity index (χ0) is 29.4. The maximum absolute atomic E-state index is 10.7. The maximum atomic E-state index is 10.7. The second-order valence-corrected chi connectivity index (χ2v) is 10.1. The zero-order valence-corrected chi connectivity index (χ0v) is 23.6. The summed E-state index contributed by atoms with van der Waals surface area (Å²) in [6, 6.07) is 16.2. The third-order valence-electron chi connectivity index (χ3n) is 6.59. The fraction of sp³-hybridized carbons (Fsp3) is 0.562. The van der Waals surface area contributed by atoms with Gasteiger partial charge in [-0.2, -0.15) is 0 Å². The second-order valence-electron chi connectivity index (χ2n) is 10.1. The third-order valence-corrected chi connectivity index (χ3v) is 6.59. The van der Waals surface area contributed by atoms with Crippen LogP contribution in [0.2, 0.25) is 0 Å². The lowest BCUT2D eigenvalue weighted by molar-refractivity contribution is -0.137. The topological polar surface area (TPSA) is 145 Å². The van der Waals surface area contributed by atoms with Crippen LogP contribution in [0.25, 0.3) is 0 Å². The Morgan fingerprint density at radius 1 is 0.650 bits per heavy atom. The van der Waals surface area contributed by atoms with Crippen LogP contribution in [0, 0.1) is 0 Å². The van der Waals surface area contributed by atoms with Gasteiger partial charge in [-0.3, -0.25) is 4.79 Å². The molecule has 224 valence electrons. The second kappa shape index (κ2) is 22.8. The van der Waals surface area contributed by atoms with E-state index in [0.29, 0.717) is 25.2 Å². The van der Waals surface area contributed by atoms with Crippen molar-refractivity contribution in [2.24, 2.45) is 0 Å². The lowest BCUT2D eigenvalue weighted by atomic mass is 9.99. The monoisotopic (exact) mass is 560 g/mol. The molecule has 0 fully saturated rings. The van der Waals surface area contributed by atoms with Gasteiger partial charge in [0.1, 0.15) is 12.4 Å². The van der Waals surface area contributed by atoms with E-state index in [4.69, 9.17) is 20.1 Å². The van der Waals surface area contributed by atoms with Crippen LogP contribution < -0.4 is 4.74 Å². The van der Waals surface area contributed by atoms with Crippen molar-refractivity contribution in [2.45, 2.75) is 109 Å². The summed E-state index contributed by atoms with van der Waals surface area (Å²) >= 11 is 0. The predicted molar refractivity (Wildman–Crippen MR) is 156 cm³/mol. The summed E-state index contributed by atoms with van der Waals surface area (Å²) in [5.41, 5.74) is 1.34. The standard InChI is InChI=1S/C18H36O5.C14H12O3/c19-15-11-7-2-1-4-8-12-16(20)17(21)13-9-5-3-6-10-14-18(22)23;15-14(16)12-6-8-13(9-7-12)17-10-11-4-2-1-3-5-11/h16-17,19-21H,1-15H2,(H,22,23);1-9H,10H2,(H,15,16). The number of hydrogen-bond donors (Lipinski definition) is 5. The summed E-state index contributed by atoms with van der Waals surface area (Å²) in [4.78, 5) is 21.0. The van der Waals surface area contributed by atoms with Gasteiger partial charge in [-0.05, 0) is 55.5 Å². The van der Waals surface area contributed by atoms with E-state index in [1.54, 1.807) is 12.1 Å². The highest BCUT2D eigenvalue weighted by Gasteiger charge is 2.15. The minimum absolute atomic E-state index is 0.237. The van der Waals surface area contributed by atoms with Crippen molar-refractivity contribution in [1.29, 1.82) is 0 Å². The maximum Gasteiger partial charge on any atom is 0.335 e. The van der Waals surface area contributed by atoms with Gasteiger partial charge in [0.25, 0.3) is 0 Å². The van der Waals surface area contributed by atoms with E-state index in [9.17, 15) is 19.8 Å². The highest BCUT2D eigenvalue weighted by atomic mass is 16.5. The Morgan fingerprint density at radius 3 is 1.65 bits per heavy atom. The number of unbranched alkanes of at least 4 members (excludes halogenated alkanes) is 9. The Morgan fingerprint density at radius 2 is 1.15 bits per heavy atom. The Labute approximate surface area is 238 Å². The molecule has 0 heterocycles. The molecule has 40 heavy (non-hydrogen) atoms. The Kier molecular flexibility index (Phi) is 20.0. The van der Waals surface area contributed by atoms with Gasteiger partial charge < -0.3 is 30.3 Å². The van der Waals surface area contributed by atoms with Gasteiger partial charge in [0, 0.05) is 13.0 Å². The quantitative estimate of drug-likeness (QED) is 0.113. The SMILES string of the molecule is O=C(O)CCCCCCCC(O)C(O)CCCCCCCCO.O=C(O)c1ccc(OCc2ccccc2)cc1. The molecule has 0 aliphatic heterocycles. The Bertz CT molecular complexity index is 901. The van der Waals surface area contributed by atoms with Crippen molar-refractivity contribution in [1.82, 2.24) is 0 Å². The largest absolute Gasteiger partial charge is 0.489 e. The molecule has 0 aliphatic carbocycles. The van der Waals surface area contributed by atoms with Crippen molar-refractivity contribution in [2.75, 3.05) is 6.61 Å². The van der Waals surface area contributed by atoms with Crippen molar-refractivity contribution in [3.8, 4) is 5.75 Å². The van der Waals surface area contributed by atoms with Crippen LogP contribution in [-0.2, 0) is 11.4 Å². The van der Waals surface area contributed by atoms with E-state index >= 15 is 0 Å². The lowest BCUT2D eigenvalue weighted by Crippen LogP contribution is -2.25.